The lowest BCUT2D eigenvalue weighted by atomic mass is 10.0. The Kier molecular flexibility index (Phi) is 3.98. The summed E-state index contributed by atoms with van der Waals surface area (Å²) in [6, 6.07) is 0.482. The maximum Gasteiger partial charge on any atom is 0.200 e. The van der Waals surface area contributed by atoms with Gasteiger partial charge < -0.3 is 10.3 Å². The second-order valence-electron chi connectivity index (χ2n) is 4.21. The summed E-state index contributed by atoms with van der Waals surface area (Å²) in [6.07, 6.45) is 4.28. The predicted molar refractivity (Wildman–Crippen MR) is 60.5 cm³/mol. The van der Waals surface area contributed by atoms with Gasteiger partial charge in [-0.1, -0.05) is 20.3 Å². The predicted octanol–water partition coefficient (Wildman–Crippen LogP) is 2.95. The summed E-state index contributed by atoms with van der Waals surface area (Å²) in [4.78, 5) is 7.40. The molecule has 0 fully saturated rings. The highest BCUT2D eigenvalue weighted by Gasteiger charge is 2.07. The van der Waals surface area contributed by atoms with Crippen molar-refractivity contribution in [1.29, 1.82) is 0 Å². The lowest BCUT2D eigenvalue weighted by Crippen LogP contribution is -2.18. The van der Waals surface area contributed by atoms with Crippen LogP contribution in [0.15, 0.2) is 6.20 Å². The summed E-state index contributed by atoms with van der Waals surface area (Å²) in [5.74, 6) is 1.66. The number of nitrogens with zero attached hydrogens (tertiary/aromatic N) is 1. The monoisotopic (exact) mass is 195 g/mol. The fourth-order valence-electron chi connectivity index (χ4n) is 1.55. The van der Waals surface area contributed by atoms with Crippen molar-refractivity contribution in [1.82, 2.24) is 9.97 Å². The third-order valence-corrected chi connectivity index (χ3v) is 2.54. The minimum absolute atomic E-state index is 0.482. The topological polar surface area (TPSA) is 40.7 Å². The van der Waals surface area contributed by atoms with E-state index in [1.165, 1.54) is 12.8 Å². The fraction of sp³-hybridized carbons (Fsp3) is 0.727. The molecule has 2 unspecified atom stereocenters. The Balaban J connectivity index is 2.37. The molecule has 0 bridgehead atoms. The molecule has 2 N–H and O–H groups in total. The molecule has 3 heteroatoms. The van der Waals surface area contributed by atoms with Crippen molar-refractivity contribution in [2.45, 2.75) is 46.6 Å². The number of rotatable bonds is 5. The van der Waals surface area contributed by atoms with Gasteiger partial charge in [0.2, 0.25) is 0 Å². The number of aromatic nitrogens is 2. The van der Waals surface area contributed by atoms with Crippen molar-refractivity contribution in [2.24, 2.45) is 5.92 Å². The van der Waals surface area contributed by atoms with E-state index < -0.39 is 0 Å². The van der Waals surface area contributed by atoms with E-state index in [0.717, 1.165) is 17.6 Å². The van der Waals surface area contributed by atoms with Crippen LogP contribution in [0.2, 0.25) is 0 Å². The maximum atomic E-state index is 4.22. The Hall–Kier alpha value is -0.990. The van der Waals surface area contributed by atoms with Gasteiger partial charge in [0.15, 0.2) is 5.95 Å². The number of imidazole rings is 1. The first kappa shape index (κ1) is 11.1. The van der Waals surface area contributed by atoms with Crippen LogP contribution in [0.25, 0.3) is 0 Å². The lowest BCUT2D eigenvalue weighted by Gasteiger charge is -2.16. The quantitative estimate of drug-likeness (QED) is 0.758. The highest BCUT2D eigenvalue weighted by Crippen LogP contribution is 2.12. The average Bonchev–Trinajstić information content (AvgIpc) is 2.50. The zero-order valence-electron chi connectivity index (χ0n) is 9.59. The first-order valence-electron chi connectivity index (χ1n) is 5.40. The zero-order valence-corrected chi connectivity index (χ0v) is 9.59. The SMILES string of the molecule is CCC(C)CC(C)Nc1ncc(C)[nH]1. The van der Waals surface area contributed by atoms with Crippen LogP contribution in [-0.2, 0) is 0 Å². The van der Waals surface area contributed by atoms with Crippen LogP contribution in [0.3, 0.4) is 0 Å². The summed E-state index contributed by atoms with van der Waals surface area (Å²) >= 11 is 0. The highest BCUT2D eigenvalue weighted by molar-refractivity contribution is 5.26. The molecular formula is C11H21N3. The minimum atomic E-state index is 0.482. The second-order valence-corrected chi connectivity index (χ2v) is 4.21. The maximum absolute atomic E-state index is 4.22. The Morgan fingerprint density at radius 1 is 1.50 bits per heavy atom. The van der Waals surface area contributed by atoms with Gasteiger partial charge in [-0.2, -0.15) is 0 Å². The van der Waals surface area contributed by atoms with Gasteiger partial charge in [0, 0.05) is 17.9 Å². The number of H-pyrrole nitrogens is 1. The van der Waals surface area contributed by atoms with E-state index in [4.69, 9.17) is 0 Å². The van der Waals surface area contributed by atoms with Gasteiger partial charge in [0.05, 0.1) is 0 Å². The number of anilines is 1. The molecule has 0 aliphatic carbocycles. The van der Waals surface area contributed by atoms with Crippen molar-refractivity contribution in [3.63, 3.8) is 0 Å². The van der Waals surface area contributed by atoms with Crippen molar-refractivity contribution in [3.8, 4) is 0 Å². The molecule has 1 aromatic heterocycles. The van der Waals surface area contributed by atoms with E-state index in [0.29, 0.717) is 6.04 Å². The van der Waals surface area contributed by atoms with Crippen LogP contribution >= 0.6 is 0 Å². The second kappa shape index (κ2) is 5.03. The number of aromatic amines is 1. The minimum Gasteiger partial charge on any atom is -0.353 e. The van der Waals surface area contributed by atoms with Gasteiger partial charge in [-0.25, -0.2) is 4.98 Å². The van der Waals surface area contributed by atoms with Gasteiger partial charge in [0.25, 0.3) is 0 Å². The fourth-order valence-corrected chi connectivity index (χ4v) is 1.55. The van der Waals surface area contributed by atoms with E-state index >= 15 is 0 Å². The highest BCUT2D eigenvalue weighted by atomic mass is 15.1. The third kappa shape index (κ3) is 3.40. The van der Waals surface area contributed by atoms with Crippen LogP contribution in [0.4, 0.5) is 5.95 Å². The van der Waals surface area contributed by atoms with Crippen LogP contribution < -0.4 is 5.32 Å². The Bertz CT molecular complexity index is 267. The van der Waals surface area contributed by atoms with Crippen LogP contribution in [0.5, 0.6) is 0 Å². The van der Waals surface area contributed by atoms with Gasteiger partial charge >= 0.3 is 0 Å². The molecule has 1 heterocycles. The van der Waals surface area contributed by atoms with Crippen LogP contribution in [0, 0.1) is 12.8 Å². The van der Waals surface area contributed by atoms with Crippen LogP contribution in [-0.4, -0.2) is 16.0 Å². The molecule has 80 valence electrons. The molecule has 1 aromatic rings. The van der Waals surface area contributed by atoms with E-state index in [1.807, 2.05) is 13.1 Å². The number of nitrogens with one attached hydrogen (secondary N) is 2. The molecule has 0 spiro atoms. The Morgan fingerprint density at radius 3 is 2.71 bits per heavy atom. The average molecular weight is 195 g/mol. The van der Waals surface area contributed by atoms with Gasteiger partial charge in [-0.3, -0.25) is 0 Å². The Labute approximate surface area is 86.3 Å². The molecule has 0 saturated carbocycles. The summed E-state index contributed by atoms with van der Waals surface area (Å²) in [5.41, 5.74) is 1.10. The van der Waals surface area contributed by atoms with Gasteiger partial charge in [-0.15, -0.1) is 0 Å². The van der Waals surface area contributed by atoms with E-state index in [2.05, 4.69) is 36.1 Å². The first-order valence-corrected chi connectivity index (χ1v) is 5.40. The number of hydrogen-bond donors (Lipinski definition) is 2. The van der Waals surface area contributed by atoms with Crippen molar-refractivity contribution < 1.29 is 0 Å². The largest absolute Gasteiger partial charge is 0.353 e. The number of hydrogen-bond acceptors (Lipinski definition) is 2. The van der Waals surface area contributed by atoms with Crippen molar-refractivity contribution >= 4 is 5.95 Å². The normalized spacial score (nSPS) is 15.1. The standard InChI is InChI=1S/C11H21N3/c1-5-8(2)6-9(3)13-11-12-7-10(4)14-11/h7-9H,5-6H2,1-4H3,(H2,12,13,14). The molecule has 2 atom stereocenters. The molecule has 0 aliphatic rings. The third-order valence-electron chi connectivity index (χ3n) is 2.54. The molecule has 3 nitrogen and oxygen atoms in total. The Morgan fingerprint density at radius 2 is 2.21 bits per heavy atom. The van der Waals surface area contributed by atoms with Crippen LogP contribution in [0.1, 0.15) is 39.3 Å². The summed E-state index contributed by atoms with van der Waals surface area (Å²) in [6.45, 7) is 8.72. The molecule has 0 aliphatic heterocycles. The molecule has 1 rings (SSSR count). The van der Waals surface area contributed by atoms with Crippen molar-refractivity contribution in [3.05, 3.63) is 11.9 Å². The summed E-state index contributed by atoms with van der Waals surface area (Å²) in [5, 5.41) is 3.36. The van der Waals surface area contributed by atoms with E-state index in [1.54, 1.807) is 0 Å². The first-order chi connectivity index (χ1) is 6.61. The van der Waals surface area contributed by atoms with Gasteiger partial charge in [0.1, 0.15) is 0 Å². The zero-order chi connectivity index (χ0) is 10.6. The van der Waals surface area contributed by atoms with Crippen molar-refractivity contribution in [2.75, 3.05) is 5.32 Å². The summed E-state index contributed by atoms with van der Waals surface area (Å²) < 4.78 is 0. The molecule has 0 aromatic carbocycles. The number of aryl methyl sites for hydroxylation is 1. The molecule has 14 heavy (non-hydrogen) atoms. The molecular weight excluding hydrogens is 174 g/mol. The van der Waals surface area contributed by atoms with E-state index in [-0.39, 0.29) is 0 Å². The molecule has 0 saturated heterocycles. The molecule has 0 radical (unpaired) electrons. The van der Waals surface area contributed by atoms with E-state index in [9.17, 15) is 0 Å². The van der Waals surface area contributed by atoms with Gasteiger partial charge in [-0.05, 0) is 26.2 Å². The smallest absolute Gasteiger partial charge is 0.200 e. The lowest BCUT2D eigenvalue weighted by molar-refractivity contribution is 0.482. The summed E-state index contributed by atoms with van der Waals surface area (Å²) in [7, 11) is 0. The molecule has 0 amide bonds.